The first kappa shape index (κ1) is 20.7. The Bertz CT molecular complexity index is 1060. The van der Waals surface area contributed by atoms with Crippen LogP contribution >= 0.6 is 0 Å². The minimum Gasteiger partial charge on any atom is -0.370 e. The van der Waals surface area contributed by atoms with Crippen molar-refractivity contribution in [3.05, 3.63) is 89.1 Å². The minimum atomic E-state index is -0.364. The summed E-state index contributed by atoms with van der Waals surface area (Å²) in [6.45, 7) is 4.48. The zero-order valence-corrected chi connectivity index (χ0v) is 16.8. The number of nitrogens with one attached hydrogen (secondary N) is 4. The molecule has 4 N–H and O–H groups in total. The number of rotatable bonds is 6. The molecule has 152 valence electrons. The molecule has 0 aliphatic heterocycles. The van der Waals surface area contributed by atoms with Crippen LogP contribution in [0.15, 0.2) is 66.9 Å². The van der Waals surface area contributed by atoms with Crippen molar-refractivity contribution in [3.63, 3.8) is 0 Å². The number of aromatic nitrogens is 1. The fourth-order valence-electron chi connectivity index (χ4n) is 2.78. The second-order valence-electron chi connectivity index (χ2n) is 6.66. The number of para-hydroxylation sites is 1. The highest BCUT2D eigenvalue weighted by atomic mass is 16.2. The zero-order chi connectivity index (χ0) is 21.5. The van der Waals surface area contributed by atoms with Crippen LogP contribution in [0.3, 0.4) is 0 Å². The molecule has 0 spiro atoms. The van der Waals surface area contributed by atoms with Gasteiger partial charge >= 0.3 is 0 Å². The third-order valence-electron chi connectivity index (χ3n) is 4.36. The number of benzene rings is 2. The van der Waals surface area contributed by atoms with Gasteiger partial charge in [-0.05, 0) is 49.7 Å². The second kappa shape index (κ2) is 9.47. The molecular formula is C23H23N5O2. The van der Waals surface area contributed by atoms with E-state index in [0.29, 0.717) is 40.6 Å². The molecule has 3 rings (SSSR count). The number of pyridine rings is 1. The molecule has 0 bridgehead atoms. The molecule has 0 radical (unpaired) electrons. The molecule has 0 saturated heterocycles. The molecule has 0 unspecified atom stereocenters. The van der Waals surface area contributed by atoms with E-state index in [2.05, 4.69) is 20.9 Å². The van der Waals surface area contributed by atoms with Gasteiger partial charge in [0.05, 0.1) is 11.3 Å². The second-order valence-corrected chi connectivity index (χ2v) is 6.66. The van der Waals surface area contributed by atoms with Gasteiger partial charge in [-0.2, -0.15) is 0 Å². The van der Waals surface area contributed by atoms with Gasteiger partial charge in [0.25, 0.3) is 11.8 Å². The number of aryl methyl sites for hydroxylation is 1. The van der Waals surface area contributed by atoms with Crippen LogP contribution < -0.4 is 16.0 Å². The number of hydrogen-bond donors (Lipinski definition) is 4. The van der Waals surface area contributed by atoms with Crippen LogP contribution in [0.25, 0.3) is 0 Å². The predicted octanol–water partition coefficient (Wildman–Crippen LogP) is 3.83. The number of carbonyl (C=O) groups excluding carboxylic acids is 2. The summed E-state index contributed by atoms with van der Waals surface area (Å²) in [5.41, 5.74) is 2.85. The van der Waals surface area contributed by atoms with Crippen LogP contribution in [0.5, 0.6) is 0 Å². The van der Waals surface area contributed by atoms with Crippen molar-refractivity contribution >= 4 is 29.2 Å². The maximum atomic E-state index is 12.7. The summed E-state index contributed by atoms with van der Waals surface area (Å²) in [5.74, 6) is 0.0311. The molecule has 0 aliphatic rings. The van der Waals surface area contributed by atoms with E-state index >= 15 is 0 Å². The van der Waals surface area contributed by atoms with Gasteiger partial charge in [0.2, 0.25) is 0 Å². The lowest BCUT2D eigenvalue weighted by Gasteiger charge is -2.12. The molecule has 0 atom stereocenters. The van der Waals surface area contributed by atoms with Crippen LogP contribution in [0, 0.1) is 12.3 Å². The van der Waals surface area contributed by atoms with E-state index in [1.165, 1.54) is 0 Å². The Balaban J connectivity index is 1.74. The van der Waals surface area contributed by atoms with Crippen molar-refractivity contribution in [2.45, 2.75) is 13.8 Å². The molecule has 0 fully saturated rings. The van der Waals surface area contributed by atoms with Crippen molar-refractivity contribution in [2.24, 2.45) is 0 Å². The summed E-state index contributed by atoms with van der Waals surface area (Å²) < 4.78 is 0. The van der Waals surface area contributed by atoms with E-state index in [4.69, 9.17) is 5.41 Å². The summed E-state index contributed by atoms with van der Waals surface area (Å²) in [4.78, 5) is 29.5. The van der Waals surface area contributed by atoms with Gasteiger partial charge in [-0.1, -0.05) is 30.3 Å². The molecule has 0 saturated carbocycles. The van der Waals surface area contributed by atoms with Crippen molar-refractivity contribution in [1.82, 2.24) is 10.3 Å². The summed E-state index contributed by atoms with van der Waals surface area (Å²) in [6.07, 6.45) is 1.67. The summed E-state index contributed by atoms with van der Waals surface area (Å²) in [5, 5.41) is 16.4. The fraction of sp³-hybridized carbons (Fsp3) is 0.130. The predicted molar refractivity (Wildman–Crippen MR) is 118 cm³/mol. The SMILES string of the molecule is CCNC(=N)c1ccc(C(=O)Nc2ccccc2C(=O)Nc2ccc(C)cn2)cc1. The number of nitrogens with zero attached hydrogens (tertiary/aromatic N) is 1. The Morgan fingerprint density at radius 2 is 1.60 bits per heavy atom. The van der Waals surface area contributed by atoms with Crippen LogP contribution in [0.2, 0.25) is 0 Å². The Morgan fingerprint density at radius 1 is 0.900 bits per heavy atom. The first-order chi connectivity index (χ1) is 14.5. The van der Waals surface area contributed by atoms with E-state index in [1.54, 1.807) is 60.8 Å². The van der Waals surface area contributed by atoms with Crippen molar-refractivity contribution in [1.29, 1.82) is 5.41 Å². The number of amidine groups is 1. The van der Waals surface area contributed by atoms with Crippen LogP contribution in [-0.2, 0) is 0 Å². The van der Waals surface area contributed by atoms with Crippen LogP contribution in [0.4, 0.5) is 11.5 Å². The number of amides is 2. The van der Waals surface area contributed by atoms with E-state index < -0.39 is 0 Å². The molecule has 1 aromatic heterocycles. The fourth-order valence-corrected chi connectivity index (χ4v) is 2.78. The maximum Gasteiger partial charge on any atom is 0.258 e. The van der Waals surface area contributed by atoms with Crippen LogP contribution in [0.1, 0.15) is 38.8 Å². The van der Waals surface area contributed by atoms with E-state index in [0.717, 1.165) is 5.56 Å². The van der Waals surface area contributed by atoms with E-state index in [-0.39, 0.29) is 11.8 Å². The van der Waals surface area contributed by atoms with Gasteiger partial charge in [-0.3, -0.25) is 15.0 Å². The monoisotopic (exact) mass is 401 g/mol. The largest absolute Gasteiger partial charge is 0.370 e. The van der Waals surface area contributed by atoms with E-state index in [9.17, 15) is 9.59 Å². The van der Waals surface area contributed by atoms with Gasteiger partial charge in [0.1, 0.15) is 11.7 Å². The Kier molecular flexibility index (Phi) is 6.54. The average Bonchev–Trinajstić information content (AvgIpc) is 2.76. The smallest absolute Gasteiger partial charge is 0.258 e. The maximum absolute atomic E-state index is 12.7. The first-order valence-corrected chi connectivity index (χ1v) is 9.55. The number of anilines is 2. The highest BCUT2D eigenvalue weighted by Gasteiger charge is 2.15. The third-order valence-corrected chi connectivity index (χ3v) is 4.36. The van der Waals surface area contributed by atoms with Crippen LogP contribution in [-0.4, -0.2) is 29.2 Å². The normalized spacial score (nSPS) is 10.2. The van der Waals surface area contributed by atoms with Gasteiger partial charge in [0, 0.05) is 23.9 Å². The summed E-state index contributed by atoms with van der Waals surface area (Å²) in [7, 11) is 0. The Labute approximate surface area is 175 Å². The molecule has 7 nitrogen and oxygen atoms in total. The molecule has 2 amide bonds. The lowest BCUT2D eigenvalue weighted by molar-refractivity contribution is 0.102. The number of hydrogen-bond acceptors (Lipinski definition) is 4. The average molecular weight is 401 g/mol. The quantitative estimate of drug-likeness (QED) is 0.372. The van der Waals surface area contributed by atoms with Gasteiger partial charge < -0.3 is 16.0 Å². The third kappa shape index (κ3) is 5.08. The molecule has 3 aromatic rings. The van der Waals surface area contributed by atoms with E-state index in [1.807, 2.05) is 19.9 Å². The van der Waals surface area contributed by atoms with Crippen molar-refractivity contribution < 1.29 is 9.59 Å². The molecule has 2 aromatic carbocycles. The topological polar surface area (TPSA) is 107 Å². The zero-order valence-electron chi connectivity index (χ0n) is 16.8. The minimum absolute atomic E-state index is 0.302. The van der Waals surface area contributed by atoms with Crippen molar-refractivity contribution in [3.8, 4) is 0 Å². The lowest BCUT2D eigenvalue weighted by atomic mass is 10.1. The standard InChI is InChI=1S/C23H23N5O2/c1-3-25-21(24)16-9-11-17(12-10-16)22(29)27-19-7-5-4-6-18(19)23(30)28-20-13-8-15(2)14-26-20/h4-14H,3H2,1-2H3,(H2,24,25)(H,27,29)(H,26,28,30). The molecule has 1 heterocycles. The van der Waals surface area contributed by atoms with Crippen molar-refractivity contribution in [2.75, 3.05) is 17.2 Å². The Morgan fingerprint density at radius 3 is 2.27 bits per heavy atom. The summed E-state index contributed by atoms with van der Waals surface area (Å²) >= 11 is 0. The highest BCUT2D eigenvalue weighted by Crippen LogP contribution is 2.18. The first-order valence-electron chi connectivity index (χ1n) is 9.55. The summed E-state index contributed by atoms with van der Waals surface area (Å²) in [6, 6.07) is 17.1. The van der Waals surface area contributed by atoms with Gasteiger partial charge in [0.15, 0.2) is 0 Å². The Hall–Kier alpha value is -4.00. The highest BCUT2D eigenvalue weighted by molar-refractivity contribution is 6.12. The van der Waals surface area contributed by atoms with Gasteiger partial charge in [-0.25, -0.2) is 4.98 Å². The molecule has 7 heteroatoms. The molecule has 0 aliphatic carbocycles. The number of carbonyl (C=O) groups is 2. The molecular weight excluding hydrogens is 378 g/mol. The van der Waals surface area contributed by atoms with Gasteiger partial charge in [-0.15, -0.1) is 0 Å². The lowest BCUT2D eigenvalue weighted by Crippen LogP contribution is -2.23. The molecule has 30 heavy (non-hydrogen) atoms.